The Hall–Kier alpha value is -2.37. The maximum atomic E-state index is 11.9. The van der Waals surface area contributed by atoms with Gasteiger partial charge in [-0.05, 0) is 73.9 Å². The second kappa shape index (κ2) is 11.5. The van der Waals surface area contributed by atoms with Crippen molar-refractivity contribution in [3.63, 3.8) is 0 Å². The lowest BCUT2D eigenvalue weighted by atomic mass is 9.83. The summed E-state index contributed by atoms with van der Waals surface area (Å²) in [6.45, 7) is 5.83. The van der Waals surface area contributed by atoms with Crippen LogP contribution in [0.25, 0.3) is 0 Å². The molecule has 0 N–H and O–H groups in total. The second-order valence-electron chi connectivity index (χ2n) is 8.33. The summed E-state index contributed by atoms with van der Waals surface area (Å²) in [5.41, 5.74) is 3.12. The standard InChI is InChI=1S/C26H31ClO5/c1-4-30-23-9-5-19(6-10-23)14-22-15-21(8-12-25(22)27)26-20(13-17(2)28)7-11-24(32-26)16-31-18(3)29/h5-6,8-10,12,15,20,24,26H,4,7,11,13-14,16H2,1-3H3. The van der Waals surface area contributed by atoms with Gasteiger partial charge in [0.15, 0.2) is 0 Å². The zero-order valence-electron chi connectivity index (χ0n) is 18.9. The Kier molecular flexibility index (Phi) is 8.71. The number of carbonyl (C=O) groups excluding carboxylic acids is 2. The first-order chi connectivity index (χ1) is 15.4. The maximum absolute atomic E-state index is 11.9. The molecular weight excluding hydrogens is 428 g/mol. The molecule has 0 aromatic heterocycles. The Morgan fingerprint density at radius 2 is 1.84 bits per heavy atom. The molecule has 3 rings (SSSR count). The molecule has 0 aliphatic carbocycles. The van der Waals surface area contributed by atoms with Crippen molar-refractivity contribution in [2.45, 2.75) is 58.7 Å². The summed E-state index contributed by atoms with van der Waals surface area (Å²) in [6.07, 6.45) is 2.31. The molecule has 1 aliphatic rings. The van der Waals surface area contributed by atoms with E-state index in [1.807, 2.05) is 43.3 Å². The third-order valence-electron chi connectivity index (χ3n) is 5.68. The van der Waals surface area contributed by atoms with Gasteiger partial charge in [-0.3, -0.25) is 4.79 Å². The van der Waals surface area contributed by atoms with Crippen LogP contribution >= 0.6 is 11.6 Å². The van der Waals surface area contributed by atoms with Gasteiger partial charge in [-0.25, -0.2) is 0 Å². The average molecular weight is 459 g/mol. The highest BCUT2D eigenvalue weighted by molar-refractivity contribution is 6.31. The number of benzene rings is 2. The smallest absolute Gasteiger partial charge is 0.302 e. The van der Waals surface area contributed by atoms with Gasteiger partial charge >= 0.3 is 5.97 Å². The Balaban J connectivity index is 1.81. The van der Waals surface area contributed by atoms with Crippen molar-refractivity contribution in [2.24, 2.45) is 5.92 Å². The van der Waals surface area contributed by atoms with Gasteiger partial charge in [0.1, 0.15) is 18.1 Å². The van der Waals surface area contributed by atoms with Crippen molar-refractivity contribution in [1.29, 1.82) is 0 Å². The van der Waals surface area contributed by atoms with Crippen LogP contribution in [0.15, 0.2) is 42.5 Å². The van der Waals surface area contributed by atoms with E-state index in [1.165, 1.54) is 6.92 Å². The molecule has 2 aromatic rings. The SMILES string of the molecule is CCOc1ccc(Cc2cc(C3OC(COC(C)=O)CCC3CC(C)=O)ccc2Cl)cc1. The van der Waals surface area contributed by atoms with Crippen LogP contribution < -0.4 is 4.74 Å². The molecule has 0 radical (unpaired) electrons. The first-order valence-corrected chi connectivity index (χ1v) is 11.5. The van der Waals surface area contributed by atoms with E-state index in [9.17, 15) is 9.59 Å². The van der Waals surface area contributed by atoms with Crippen molar-refractivity contribution in [3.8, 4) is 5.75 Å². The zero-order valence-corrected chi connectivity index (χ0v) is 19.7. The molecule has 5 nitrogen and oxygen atoms in total. The fourth-order valence-corrected chi connectivity index (χ4v) is 4.38. The lowest BCUT2D eigenvalue weighted by Crippen LogP contribution is -2.33. The first kappa shape index (κ1) is 24.3. The van der Waals surface area contributed by atoms with E-state index >= 15 is 0 Å². The molecule has 0 saturated carbocycles. The Labute approximate surface area is 195 Å². The lowest BCUT2D eigenvalue weighted by molar-refractivity contribution is -0.154. The van der Waals surface area contributed by atoms with Crippen molar-refractivity contribution >= 4 is 23.4 Å². The number of rotatable bonds is 9. The maximum Gasteiger partial charge on any atom is 0.302 e. The second-order valence-corrected chi connectivity index (χ2v) is 8.74. The van der Waals surface area contributed by atoms with E-state index in [1.54, 1.807) is 6.92 Å². The van der Waals surface area contributed by atoms with Crippen LogP contribution in [-0.2, 0) is 25.5 Å². The molecule has 6 heteroatoms. The van der Waals surface area contributed by atoms with Crippen LogP contribution in [0.1, 0.15) is 62.8 Å². The van der Waals surface area contributed by atoms with Crippen LogP contribution in [-0.4, -0.2) is 31.1 Å². The summed E-state index contributed by atoms with van der Waals surface area (Å²) >= 11 is 6.52. The molecule has 2 aromatic carbocycles. The summed E-state index contributed by atoms with van der Waals surface area (Å²) in [6, 6.07) is 13.9. The molecule has 1 heterocycles. The van der Waals surface area contributed by atoms with Gasteiger partial charge in [-0.15, -0.1) is 0 Å². The fraction of sp³-hybridized carbons (Fsp3) is 0.462. The van der Waals surface area contributed by atoms with Crippen molar-refractivity contribution in [1.82, 2.24) is 0 Å². The van der Waals surface area contributed by atoms with Crippen LogP contribution in [0.3, 0.4) is 0 Å². The third kappa shape index (κ3) is 6.81. The van der Waals surface area contributed by atoms with Gasteiger partial charge in [0.05, 0.1) is 18.8 Å². The largest absolute Gasteiger partial charge is 0.494 e. The lowest BCUT2D eigenvalue weighted by Gasteiger charge is -2.36. The van der Waals surface area contributed by atoms with Crippen LogP contribution in [0.4, 0.5) is 0 Å². The van der Waals surface area contributed by atoms with Crippen LogP contribution in [0.2, 0.25) is 5.02 Å². The molecular formula is C26H31ClO5. The molecule has 0 amide bonds. The molecule has 172 valence electrons. The summed E-state index contributed by atoms with van der Waals surface area (Å²) in [5, 5.41) is 0.693. The predicted molar refractivity (Wildman–Crippen MR) is 124 cm³/mol. The minimum absolute atomic E-state index is 0.0839. The number of esters is 1. The van der Waals surface area contributed by atoms with E-state index in [0.29, 0.717) is 24.5 Å². The van der Waals surface area contributed by atoms with Gasteiger partial charge in [-0.1, -0.05) is 35.9 Å². The molecule has 1 fully saturated rings. The number of carbonyl (C=O) groups is 2. The van der Waals surface area contributed by atoms with E-state index < -0.39 is 0 Å². The number of ketones is 1. The van der Waals surface area contributed by atoms with E-state index in [4.69, 9.17) is 25.8 Å². The molecule has 32 heavy (non-hydrogen) atoms. The highest BCUT2D eigenvalue weighted by Crippen LogP contribution is 2.40. The molecule has 0 bridgehead atoms. The highest BCUT2D eigenvalue weighted by Gasteiger charge is 2.33. The molecule has 3 atom stereocenters. The van der Waals surface area contributed by atoms with Gasteiger partial charge in [0, 0.05) is 18.4 Å². The Morgan fingerprint density at radius 3 is 2.50 bits per heavy atom. The topological polar surface area (TPSA) is 61.8 Å². The first-order valence-electron chi connectivity index (χ1n) is 11.1. The van der Waals surface area contributed by atoms with E-state index in [-0.39, 0.29) is 36.5 Å². The van der Waals surface area contributed by atoms with Crippen LogP contribution in [0, 0.1) is 5.92 Å². The molecule has 3 unspecified atom stereocenters. The third-order valence-corrected chi connectivity index (χ3v) is 6.04. The van der Waals surface area contributed by atoms with Crippen LogP contribution in [0.5, 0.6) is 5.75 Å². The van der Waals surface area contributed by atoms with Gasteiger partial charge in [0.2, 0.25) is 0 Å². The summed E-state index contributed by atoms with van der Waals surface area (Å²) in [4.78, 5) is 23.1. The summed E-state index contributed by atoms with van der Waals surface area (Å²) in [5.74, 6) is 0.754. The Bertz CT molecular complexity index is 924. The zero-order chi connectivity index (χ0) is 23.1. The van der Waals surface area contributed by atoms with E-state index in [0.717, 1.165) is 35.3 Å². The average Bonchev–Trinajstić information content (AvgIpc) is 2.76. The highest BCUT2D eigenvalue weighted by atomic mass is 35.5. The van der Waals surface area contributed by atoms with Gasteiger partial charge in [-0.2, -0.15) is 0 Å². The summed E-state index contributed by atoms with van der Waals surface area (Å²) in [7, 11) is 0. The number of hydrogen-bond donors (Lipinski definition) is 0. The van der Waals surface area contributed by atoms with E-state index in [2.05, 4.69) is 6.07 Å². The molecule has 1 saturated heterocycles. The molecule has 0 spiro atoms. The monoisotopic (exact) mass is 458 g/mol. The number of Topliss-reactive ketones (excluding diaryl/α,β-unsaturated/α-hetero) is 1. The van der Waals surface area contributed by atoms with Crippen molar-refractivity contribution in [2.75, 3.05) is 13.2 Å². The number of hydrogen-bond acceptors (Lipinski definition) is 5. The van der Waals surface area contributed by atoms with Gasteiger partial charge in [0.25, 0.3) is 0 Å². The Morgan fingerprint density at radius 1 is 1.09 bits per heavy atom. The minimum Gasteiger partial charge on any atom is -0.494 e. The summed E-state index contributed by atoms with van der Waals surface area (Å²) < 4.78 is 17.0. The van der Waals surface area contributed by atoms with Crippen molar-refractivity contribution < 1.29 is 23.8 Å². The normalized spacial score (nSPS) is 20.6. The molecule has 1 aliphatic heterocycles. The fourth-order valence-electron chi connectivity index (χ4n) is 4.20. The minimum atomic E-state index is -0.319. The van der Waals surface area contributed by atoms with Crippen molar-refractivity contribution in [3.05, 3.63) is 64.2 Å². The number of ether oxygens (including phenoxy) is 3. The number of halogens is 1. The predicted octanol–water partition coefficient (Wildman–Crippen LogP) is 5.71. The quantitative estimate of drug-likeness (QED) is 0.450. The van der Waals surface area contributed by atoms with Gasteiger partial charge < -0.3 is 19.0 Å².